The predicted octanol–water partition coefficient (Wildman–Crippen LogP) is -1.18. The molecule has 0 N–H and O–H groups in total. The molecule has 2 nitrogen and oxygen atoms in total. The average molecular weight is 317 g/mol. The molecule has 0 saturated carbocycles. The third-order valence-electron chi connectivity index (χ3n) is 1.86. The number of hydrogen-bond acceptors (Lipinski definition) is 2. The van der Waals surface area contributed by atoms with E-state index in [2.05, 4.69) is 0 Å². The molecule has 1 rings (SSSR count). The van der Waals surface area contributed by atoms with Crippen LogP contribution in [-0.4, -0.2) is 14.0 Å². The predicted molar refractivity (Wildman–Crippen MR) is 55.3 cm³/mol. The van der Waals surface area contributed by atoms with Gasteiger partial charge in [-0.05, 0) is 0 Å². The summed E-state index contributed by atoms with van der Waals surface area (Å²) < 4.78 is 0.778. The van der Waals surface area contributed by atoms with Gasteiger partial charge in [0.15, 0.2) is 0 Å². The SMILES string of the molecule is CC(=O)C[I-]C(=O)CCc1ccccc1. The molecule has 0 aliphatic carbocycles. The number of ketones is 1. The van der Waals surface area contributed by atoms with Crippen LogP contribution in [-0.2, 0) is 16.0 Å². The molecular formula is C12H14IO2-. The van der Waals surface area contributed by atoms with Crippen molar-refractivity contribution in [3.05, 3.63) is 35.9 Å². The number of Topliss-reactive ketones (excluding diaryl/α,β-unsaturated/α-hetero) is 1. The van der Waals surface area contributed by atoms with Crippen molar-refractivity contribution >= 4 is 9.57 Å². The molecule has 0 spiro atoms. The van der Waals surface area contributed by atoms with Crippen molar-refractivity contribution in [3.63, 3.8) is 0 Å². The molecule has 0 fully saturated rings. The van der Waals surface area contributed by atoms with Crippen LogP contribution < -0.4 is 21.2 Å². The molecule has 15 heavy (non-hydrogen) atoms. The van der Waals surface area contributed by atoms with E-state index in [1.165, 1.54) is 5.56 Å². The molecule has 0 atom stereocenters. The number of benzene rings is 1. The topological polar surface area (TPSA) is 34.1 Å². The van der Waals surface area contributed by atoms with E-state index >= 15 is 0 Å². The Morgan fingerprint density at radius 3 is 2.47 bits per heavy atom. The maximum atomic E-state index is 11.4. The average Bonchev–Trinajstić information content (AvgIpc) is 2.25. The number of carbonyl (C=O) groups is 2. The van der Waals surface area contributed by atoms with Gasteiger partial charge < -0.3 is 0 Å². The van der Waals surface area contributed by atoms with Gasteiger partial charge in [0.1, 0.15) is 0 Å². The third-order valence-corrected chi connectivity index (χ3v) is 4.70. The van der Waals surface area contributed by atoms with Crippen LogP contribution in [0.25, 0.3) is 0 Å². The van der Waals surface area contributed by atoms with Crippen LogP contribution in [0.4, 0.5) is 0 Å². The van der Waals surface area contributed by atoms with Gasteiger partial charge in [0.2, 0.25) is 0 Å². The number of rotatable bonds is 6. The number of halogens is 1. The Balaban J connectivity index is 2.26. The van der Waals surface area contributed by atoms with Gasteiger partial charge in [0, 0.05) is 0 Å². The van der Waals surface area contributed by atoms with Gasteiger partial charge in [-0.25, -0.2) is 0 Å². The van der Waals surface area contributed by atoms with E-state index < -0.39 is 21.2 Å². The number of hydrogen-bond donors (Lipinski definition) is 0. The van der Waals surface area contributed by atoms with Gasteiger partial charge in [-0.3, -0.25) is 0 Å². The Morgan fingerprint density at radius 2 is 1.87 bits per heavy atom. The second-order valence-corrected chi connectivity index (χ2v) is 6.04. The van der Waals surface area contributed by atoms with Gasteiger partial charge >= 0.3 is 100 Å². The first-order valence-electron chi connectivity index (χ1n) is 4.84. The van der Waals surface area contributed by atoms with Gasteiger partial charge in [0.05, 0.1) is 0 Å². The summed E-state index contributed by atoms with van der Waals surface area (Å²) in [6.45, 7) is 1.55. The van der Waals surface area contributed by atoms with E-state index in [1.54, 1.807) is 6.92 Å². The Labute approximate surface area is 100 Å². The van der Waals surface area contributed by atoms with Crippen LogP contribution in [0.5, 0.6) is 0 Å². The minimum atomic E-state index is -0.565. The summed E-state index contributed by atoms with van der Waals surface area (Å²) in [6.07, 6.45) is 1.39. The first-order chi connectivity index (χ1) is 7.18. The van der Waals surface area contributed by atoms with Gasteiger partial charge in [-0.15, -0.1) is 0 Å². The molecule has 1 aromatic carbocycles. The van der Waals surface area contributed by atoms with E-state index in [1.807, 2.05) is 30.3 Å². The molecule has 0 aliphatic heterocycles. The van der Waals surface area contributed by atoms with E-state index in [9.17, 15) is 9.59 Å². The molecule has 0 heterocycles. The summed E-state index contributed by atoms with van der Waals surface area (Å²) in [5.74, 6) is 0.135. The Morgan fingerprint density at radius 1 is 1.20 bits per heavy atom. The summed E-state index contributed by atoms with van der Waals surface area (Å²) in [4.78, 5) is 22.1. The molecule has 0 radical (unpaired) electrons. The molecule has 0 aromatic heterocycles. The van der Waals surface area contributed by atoms with Crippen LogP contribution in [0.15, 0.2) is 30.3 Å². The quantitative estimate of drug-likeness (QED) is 0.376. The van der Waals surface area contributed by atoms with E-state index in [-0.39, 0.29) is 9.57 Å². The van der Waals surface area contributed by atoms with Crippen molar-refractivity contribution in [1.82, 2.24) is 0 Å². The molecule has 0 unspecified atom stereocenters. The van der Waals surface area contributed by atoms with Crippen molar-refractivity contribution in [2.45, 2.75) is 19.8 Å². The maximum absolute atomic E-state index is 11.4. The Hall–Kier alpha value is -0.710. The molecule has 0 saturated heterocycles. The molecule has 82 valence electrons. The first-order valence-corrected chi connectivity index (χ1v) is 7.44. The molecule has 1 aromatic rings. The summed E-state index contributed by atoms with van der Waals surface area (Å²) in [5, 5.41) is 0. The van der Waals surface area contributed by atoms with Crippen LogP contribution in [0, 0.1) is 0 Å². The minimum absolute atomic E-state index is 0.135. The zero-order chi connectivity index (χ0) is 11.1. The van der Waals surface area contributed by atoms with Crippen molar-refractivity contribution in [3.8, 4) is 0 Å². The van der Waals surface area contributed by atoms with Gasteiger partial charge in [-0.2, -0.15) is 0 Å². The van der Waals surface area contributed by atoms with Crippen molar-refractivity contribution < 1.29 is 30.8 Å². The van der Waals surface area contributed by atoms with Gasteiger partial charge in [-0.1, -0.05) is 0 Å². The molecule has 0 amide bonds. The summed E-state index contributed by atoms with van der Waals surface area (Å²) in [7, 11) is 0. The summed E-state index contributed by atoms with van der Waals surface area (Å²) in [5.41, 5.74) is 1.19. The fourth-order valence-corrected chi connectivity index (χ4v) is 2.74. The van der Waals surface area contributed by atoms with Crippen molar-refractivity contribution in [1.29, 1.82) is 0 Å². The first kappa shape index (κ1) is 12.4. The second-order valence-electron chi connectivity index (χ2n) is 3.31. The Kier molecular flexibility index (Phi) is 5.53. The van der Waals surface area contributed by atoms with Crippen LogP contribution in [0.2, 0.25) is 0 Å². The molecule has 0 bridgehead atoms. The van der Waals surface area contributed by atoms with Crippen LogP contribution in [0.1, 0.15) is 18.9 Å². The summed E-state index contributed by atoms with van der Waals surface area (Å²) >= 11 is -0.565. The monoisotopic (exact) mass is 317 g/mol. The van der Waals surface area contributed by atoms with Crippen molar-refractivity contribution in [2.24, 2.45) is 0 Å². The van der Waals surface area contributed by atoms with Gasteiger partial charge in [0.25, 0.3) is 0 Å². The Bertz CT molecular complexity index is 333. The molecule has 0 aliphatic rings. The number of carbonyl (C=O) groups excluding carboxylic acids is 2. The van der Waals surface area contributed by atoms with E-state index in [0.717, 1.165) is 6.42 Å². The number of alkyl halides is 1. The zero-order valence-electron chi connectivity index (χ0n) is 8.70. The van der Waals surface area contributed by atoms with E-state index in [4.69, 9.17) is 0 Å². The second kappa shape index (κ2) is 6.71. The van der Waals surface area contributed by atoms with Crippen LogP contribution in [0.3, 0.4) is 0 Å². The zero-order valence-corrected chi connectivity index (χ0v) is 10.9. The standard InChI is InChI=1S/C12H14IO2/c1-10(14)9-13-12(15)8-7-11-5-3-2-4-6-11/h2-6H,7-9H2,1H3/q-1. The molecule has 3 heteroatoms. The fraction of sp³-hybridized carbons (Fsp3) is 0.333. The molecular weight excluding hydrogens is 303 g/mol. The van der Waals surface area contributed by atoms with Crippen molar-refractivity contribution in [2.75, 3.05) is 4.43 Å². The normalized spacial score (nSPS) is 10.2. The fourth-order valence-electron chi connectivity index (χ4n) is 1.12. The summed E-state index contributed by atoms with van der Waals surface area (Å²) in [6, 6.07) is 9.97. The number of aryl methyl sites for hydroxylation is 1. The van der Waals surface area contributed by atoms with E-state index in [0.29, 0.717) is 10.8 Å². The van der Waals surface area contributed by atoms with Crippen LogP contribution >= 0.6 is 0 Å². The third kappa shape index (κ3) is 5.67.